The summed E-state index contributed by atoms with van der Waals surface area (Å²) in [5.41, 5.74) is 8.91. The second-order valence-corrected chi connectivity index (χ2v) is 5.24. The van der Waals surface area contributed by atoms with Gasteiger partial charge in [-0.1, -0.05) is 36.4 Å². The lowest BCUT2D eigenvalue weighted by Gasteiger charge is -2.19. The van der Waals surface area contributed by atoms with E-state index in [1.807, 2.05) is 55.5 Å². The van der Waals surface area contributed by atoms with Crippen LogP contribution >= 0.6 is 0 Å². The summed E-state index contributed by atoms with van der Waals surface area (Å²) in [6.45, 7) is 2.44. The molecule has 1 atom stereocenters. The highest BCUT2D eigenvalue weighted by Crippen LogP contribution is 2.15. The smallest absolute Gasteiger partial charge is 0.224 e. The average Bonchev–Trinajstić information content (AvgIpc) is 2.48. The van der Waals surface area contributed by atoms with E-state index in [1.165, 1.54) is 0 Å². The van der Waals surface area contributed by atoms with Crippen molar-refractivity contribution in [1.82, 2.24) is 9.88 Å². The highest BCUT2D eigenvalue weighted by atomic mass is 16.2. The van der Waals surface area contributed by atoms with Crippen LogP contribution in [0.4, 0.5) is 0 Å². The Morgan fingerprint density at radius 1 is 1.19 bits per heavy atom. The van der Waals surface area contributed by atoms with Gasteiger partial charge in [0.15, 0.2) is 0 Å². The Balaban J connectivity index is 1.94. The molecule has 1 heterocycles. The molecule has 1 aromatic carbocycles. The second kappa shape index (κ2) is 6.99. The second-order valence-electron chi connectivity index (χ2n) is 5.24. The summed E-state index contributed by atoms with van der Waals surface area (Å²) in [7, 11) is 1.78. The monoisotopic (exact) mass is 283 g/mol. The number of aromatic nitrogens is 1. The van der Waals surface area contributed by atoms with Gasteiger partial charge in [0, 0.05) is 25.2 Å². The zero-order valence-corrected chi connectivity index (χ0v) is 12.5. The number of benzene rings is 1. The molecule has 4 heteroatoms. The maximum absolute atomic E-state index is 12.2. The van der Waals surface area contributed by atoms with E-state index in [1.54, 1.807) is 11.9 Å². The van der Waals surface area contributed by atoms with Gasteiger partial charge in [0.05, 0.1) is 12.2 Å². The fraction of sp³-hybridized carbons (Fsp3) is 0.294. The number of carbonyl (C=O) groups excluding carboxylic acids is 1. The molecule has 0 spiro atoms. The fourth-order valence-corrected chi connectivity index (χ4v) is 2.18. The van der Waals surface area contributed by atoms with Crippen LogP contribution in [0.3, 0.4) is 0 Å². The van der Waals surface area contributed by atoms with E-state index in [0.29, 0.717) is 13.0 Å². The molecule has 110 valence electrons. The number of rotatable bonds is 5. The van der Waals surface area contributed by atoms with Gasteiger partial charge in [-0.05, 0) is 24.6 Å². The van der Waals surface area contributed by atoms with Crippen LogP contribution in [0.5, 0.6) is 0 Å². The van der Waals surface area contributed by atoms with Crippen molar-refractivity contribution >= 4 is 5.91 Å². The van der Waals surface area contributed by atoms with Crippen LogP contribution in [0.1, 0.15) is 29.4 Å². The lowest BCUT2D eigenvalue weighted by atomic mass is 10.0. The van der Waals surface area contributed by atoms with E-state index in [-0.39, 0.29) is 11.9 Å². The molecule has 21 heavy (non-hydrogen) atoms. The summed E-state index contributed by atoms with van der Waals surface area (Å²) in [5, 5.41) is 0. The van der Waals surface area contributed by atoms with Crippen LogP contribution in [-0.2, 0) is 11.3 Å². The summed E-state index contributed by atoms with van der Waals surface area (Å²) in [6.07, 6.45) is 0.298. The molecule has 1 unspecified atom stereocenters. The van der Waals surface area contributed by atoms with Crippen molar-refractivity contribution in [2.45, 2.75) is 25.9 Å². The Hall–Kier alpha value is -2.20. The van der Waals surface area contributed by atoms with Crippen LogP contribution < -0.4 is 5.73 Å². The van der Waals surface area contributed by atoms with Gasteiger partial charge >= 0.3 is 0 Å². The minimum atomic E-state index is -0.272. The average molecular weight is 283 g/mol. The molecule has 0 aliphatic heterocycles. The molecule has 2 N–H and O–H groups in total. The molecule has 0 radical (unpaired) electrons. The minimum absolute atomic E-state index is 0.0228. The molecule has 2 rings (SSSR count). The van der Waals surface area contributed by atoms with E-state index in [9.17, 15) is 4.79 Å². The van der Waals surface area contributed by atoms with Crippen LogP contribution in [0.2, 0.25) is 0 Å². The Kier molecular flexibility index (Phi) is 5.06. The molecule has 0 fully saturated rings. The molecular formula is C17H21N3O. The first-order chi connectivity index (χ1) is 10.1. The van der Waals surface area contributed by atoms with E-state index in [0.717, 1.165) is 17.0 Å². The van der Waals surface area contributed by atoms with E-state index in [2.05, 4.69) is 4.98 Å². The quantitative estimate of drug-likeness (QED) is 0.917. The van der Waals surface area contributed by atoms with Crippen molar-refractivity contribution in [2.75, 3.05) is 7.05 Å². The number of hydrogen-bond acceptors (Lipinski definition) is 3. The number of hydrogen-bond donors (Lipinski definition) is 1. The molecule has 2 aromatic rings. The summed E-state index contributed by atoms with van der Waals surface area (Å²) in [5.74, 6) is 0.0228. The Labute approximate surface area is 125 Å². The largest absolute Gasteiger partial charge is 0.340 e. The van der Waals surface area contributed by atoms with E-state index in [4.69, 9.17) is 5.73 Å². The Morgan fingerprint density at radius 2 is 1.90 bits per heavy atom. The molecule has 0 aliphatic rings. The van der Waals surface area contributed by atoms with Gasteiger partial charge in [-0.25, -0.2) is 0 Å². The van der Waals surface area contributed by atoms with Crippen molar-refractivity contribution in [1.29, 1.82) is 0 Å². The summed E-state index contributed by atoms with van der Waals surface area (Å²) >= 11 is 0. The number of nitrogens with two attached hydrogens (primary N) is 1. The van der Waals surface area contributed by atoms with Crippen LogP contribution in [0.25, 0.3) is 0 Å². The van der Waals surface area contributed by atoms with Crippen molar-refractivity contribution in [3.8, 4) is 0 Å². The number of carbonyl (C=O) groups is 1. The van der Waals surface area contributed by atoms with Crippen molar-refractivity contribution in [3.63, 3.8) is 0 Å². The lowest BCUT2D eigenvalue weighted by Crippen LogP contribution is -2.29. The maximum Gasteiger partial charge on any atom is 0.224 e. The number of pyridine rings is 1. The first kappa shape index (κ1) is 15.2. The molecule has 0 saturated carbocycles. The van der Waals surface area contributed by atoms with Crippen molar-refractivity contribution in [2.24, 2.45) is 5.73 Å². The van der Waals surface area contributed by atoms with E-state index >= 15 is 0 Å². The summed E-state index contributed by atoms with van der Waals surface area (Å²) in [6, 6.07) is 15.2. The van der Waals surface area contributed by atoms with Crippen LogP contribution in [0.15, 0.2) is 48.5 Å². The van der Waals surface area contributed by atoms with Gasteiger partial charge in [-0.2, -0.15) is 0 Å². The van der Waals surface area contributed by atoms with Crippen LogP contribution in [-0.4, -0.2) is 22.8 Å². The van der Waals surface area contributed by atoms with Gasteiger partial charge < -0.3 is 10.6 Å². The first-order valence-electron chi connectivity index (χ1n) is 7.03. The van der Waals surface area contributed by atoms with Crippen molar-refractivity contribution in [3.05, 3.63) is 65.5 Å². The van der Waals surface area contributed by atoms with Crippen molar-refractivity contribution < 1.29 is 4.79 Å². The molecule has 0 bridgehead atoms. The third-order valence-electron chi connectivity index (χ3n) is 3.39. The highest BCUT2D eigenvalue weighted by molar-refractivity contribution is 5.76. The zero-order chi connectivity index (χ0) is 15.2. The van der Waals surface area contributed by atoms with Gasteiger partial charge in [0.2, 0.25) is 5.91 Å². The Bertz CT molecular complexity index is 598. The number of amides is 1. The SMILES string of the molecule is Cc1cccc(CN(C)C(=O)CC(N)c2ccccc2)n1. The molecule has 1 amide bonds. The molecule has 1 aromatic heterocycles. The fourth-order valence-electron chi connectivity index (χ4n) is 2.18. The Morgan fingerprint density at radius 3 is 2.57 bits per heavy atom. The van der Waals surface area contributed by atoms with E-state index < -0.39 is 0 Å². The predicted molar refractivity (Wildman–Crippen MR) is 83.4 cm³/mol. The molecule has 0 saturated heterocycles. The minimum Gasteiger partial charge on any atom is -0.340 e. The summed E-state index contributed by atoms with van der Waals surface area (Å²) < 4.78 is 0. The highest BCUT2D eigenvalue weighted by Gasteiger charge is 2.15. The standard InChI is InChI=1S/C17H21N3O/c1-13-7-6-10-15(19-13)12-20(2)17(21)11-16(18)14-8-4-3-5-9-14/h3-10,16H,11-12,18H2,1-2H3. The van der Waals surface area contributed by atoms with Gasteiger partial charge in [0.25, 0.3) is 0 Å². The number of aryl methyl sites for hydroxylation is 1. The summed E-state index contributed by atoms with van der Waals surface area (Å²) in [4.78, 5) is 18.3. The van der Waals surface area contributed by atoms with Gasteiger partial charge in [-0.3, -0.25) is 9.78 Å². The van der Waals surface area contributed by atoms with Gasteiger partial charge in [0.1, 0.15) is 0 Å². The molecular weight excluding hydrogens is 262 g/mol. The number of nitrogens with zero attached hydrogens (tertiary/aromatic N) is 2. The third-order valence-corrected chi connectivity index (χ3v) is 3.39. The topological polar surface area (TPSA) is 59.2 Å². The molecule has 0 aliphatic carbocycles. The van der Waals surface area contributed by atoms with Crippen LogP contribution in [0, 0.1) is 6.92 Å². The maximum atomic E-state index is 12.2. The van der Waals surface area contributed by atoms with Gasteiger partial charge in [-0.15, -0.1) is 0 Å². The first-order valence-corrected chi connectivity index (χ1v) is 7.03. The normalized spacial score (nSPS) is 12.0. The molecule has 4 nitrogen and oxygen atoms in total. The third kappa shape index (κ3) is 4.39. The zero-order valence-electron chi connectivity index (χ0n) is 12.5. The predicted octanol–water partition coefficient (Wildman–Crippen LogP) is 2.44. The lowest BCUT2D eigenvalue weighted by molar-refractivity contribution is -0.130.